The van der Waals surface area contributed by atoms with Gasteiger partial charge in [0.25, 0.3) is 5.92 Å². The molecule has 1 aliphatic carbocycles. The second kappa shape index (κ2) is 2.62. The number of alkyl halides is 5. The smallest absolute Gasteiger partial charge is 0.333 e. The first-order valence-electron chi connectivity index (χ1n) is 4.42. The van der Waals surface area contributed by atoms with Crippen LogP contribution >= 0.6 is 0 Å². The van der Waals surface area contributed by atoms with E-state index in [1.165, 1.54) is 0 Å². The van der Waals surface area contributed by atoms with Crippen molar-refractivity contribution in [2.45, 2.75) is 24.9 Å². The van der Waals surface area contributed by atoms with Gasteiger partial charge in [-0.1, -0.05) is 0 Å². The first-order valence-corrected chi connectivity index (χ1v) is 4.42. The van der Waals surface area contributed by atoms with Crippen LogP contribution in [0.5, 0.6) is 0 Å². The lowest BCUT2D eigenvalue weighted by molar-refractivity contribution is -0.265. The topological polar surface area (TPSA) is 20.3 Å². The number of amides is 1. The molecule has 1 saturated carbocycles. The third-order valence-electron chi connectivity index (χ3n) is 3.21. The molecule has 1 heterocycles. The Bertz CT molecular complexity index is 305. The molecule has 0 aromatic carbocycles. The number of rotatable bonds is 0. The number of carbonyl (C=O) groups is 1. The van der Waals surface area contributed by atoms with Gasteiger partial charge in [-0.15, -0.1) is 0 Å². The second-order valence-corrected chi connectivity index (χ2v) is 4.14. The van der Waals surface area contributed by atoms with Crippen molar-refractivity contribution in [2.24, 2.45) is 5.41 Å². The molecular weight excluding hydrogens is 221 g/mol. The van der Waals surface area contributed by atoms with Gasteiger partial charge in [0.05, 0.1) is 5.41 Å². The second-order valence-electron chi connectivity index (χ2n) is 4.14. The fourth-order valence-electron chi connectivity index (χ4n) is 2.06. The molecule has 0 radical (unpaired) electrons. The largest absolute Gasteiger partial charge is 0.471 e. The number of likely N-dealkylation sites (tertiary alicyclic amines) is 1. The molecule has 0 aromatic heterocycles. The minimum Gasteiger partial charge on any atom is -0.333 e. The number of hydrogen-bond acceptors (Lipinski definition) is 1. The summed E-state index contributed by atoms with van der Waals surface area (Å²) in [6.07, 6.45) is -5.05. The summed E-state index contributed by atoms with van der Waals surface area (Å²) in [7, 11) is 0. The minimum absolute atomic E-state index is 0.196. The zero-order valence-electron chi connectivity index (χ0n) is 7.57. The number of halogens is 5. The van der Waals surface area contributed by atoms with Gasteiger partial charge in [0.2, 0.25) is 0 Å². The Morgan fingerprint density at radius 3 is 1.93 bits per heavy atom. The molecule has 1 spiro atoms. The first kappa shape index (κ1) is 10.6. The van der Waals surface area contributed by atoms with Crippen molar-refractivity contribution in [1.29, 1.82) is 0 Å². The molecule has 15 heavy (non-hydrogen) atoms. The Labute approximate surface area is 82.0 Å². The van der Waals surface area contributed by atoms with E-state index < -0.39 is 36.5 Å². The van der Waals surface area contributed by atoms with Crippen LogP contribution in [0.25, 0.3) is 0 Å². The lowest BCUT2D eigenvalue weighted by Crippen LogP contribution is -2.72. The maximum Gasteiger partial charge on any atom is 0.471 e. The zero-order valence-corrected chi connectivity index (χ0v) is 7.57. The van der Waals surface area contributed by atoms with Crippen molar-refractivity contribution in [2.75, 3.05) is 13.1 Å². The van der Waals surface area contributed by atoms with Crippen LogP contribution in [0.2, 0.25) is 0 Å². The van der Waals surface area contributed by atoms with E-state index in [1.54, 1.807) is 0 Å². The van der Waals surface area contributed by atoms with Crippen molar-refractivity contribution in [1.82, 2.24) is 4.90 Å². The van der Waals surface area contributed by atoms with E-state index in [-0.39, 0.29) is 12.8 Å². The lowest BCUT2D eigenvalue weighted by atomic mass is 9.60. The van der Waals surface area contributed by atoms with E-state index in [1.807, 2.05) is 0 Å². The Morgan fingerprint density at radius 1 is 1.13 bits per heavy atom. The van der Waals surface area contributed by atoms with E-state index in [9.17, 15) is 26.7 Å². The number of carbonyl (C=O) groups excluding carboxylic acids is 1. The zero-order chi connectivity index (χ0) is 11.5. The van der Waals surface area contributed by atoms with E-state index in [4.69, 9.17) is 0 Å². The summed E-state index contributed by atoms with van der Waals surface area (Å²) in [6.45, 7) is -0.948. The fraction of sp³-hybridized carbons (Fsp3) is 0.875. The van der Waals surface area contributed by atoms with Crippen LogP contribution < -0.4 is 0 Å². The van der Waals surface area contributed by atoms with Crippen molar-refractivity contribution in [3.05, 3.63) is 0 Å². The van der Waals surface area contributed by atoms with E-state index in [0.717, 1.165) is 0 Å². The maximum atomic E-state index is 13.0. The Hall–Kier alpha value is -0.880. The van der Waals surface area contributed by atoms with Gasteiger partial charge >= 0.3 is 12.1 Å². The Kier molecular flexibility index (Phi) is 1.86. The van der Waals surface area contributed by atoms with Gasteiger partial charge in [-0.2, -0.15) is 13.2 Å². The van der Waals surface area contributed by atoms with Crippen LogP contribution in [0.3, 0.4) is 0 Å². The molecule has 1 amide bonds. The van der Waals surface area contributed by atoms with Crippen LogP contribution in [-0.2, 0) is 4.79 Å². The summed E-state index contributed by atoms with van der Waals surface area (Å²) >= 11 is 0. The highest BCUT2D eigenvalue weighted by Gasteiger charge is 2.69. The molecule has 2 rings (SSSR count). The van der Waals surface area contributed by atoms with Crippen LogP contribution in [0.15, 0.2) is 0 Å². The van der Waals surface area contributed by atoms with Crippen LogP contribution in [0.1, 0.15) is 12.8 Å². The summed E-state index contributed by atoms with van der Waals surface area (Å²) in [6, 6.07) is 0. The highest BCUT2D eigenvalue weighted by Crippen LogP contribution is 2.59. The fourth-order valence-corrected chi connectivity index (χ4v) is 2.06. The third-order valence-corrected chi connectivity index (χ3v) is 3.21. The predicted molar refractivity (Wildman–Crippen MR) is 39.2 cm³/mol. The van der Waals surface area contributed by atoms with Gasteiger partial charge in [0.1, 0.15) is 0 Å². The molecule has 2 aliphatic rings. The lowest BCUT2D eigenvalue weighted by Gasteiger charge is -2.59. The van der Waals surface area contributed by atoms with Crippen molar-refractivity contribution in [3.8, 4) is 0 Å². The van der Waals surface area contributed by atoms with Gasteiger partial charge < -0.3 is 4.90 Å². The summed E-state index contributed by atoms with van der Waals surface area (Å²) < 4.78 is 61.6. The monoisotopic (exact) mass is 229 g/mol. The Balaban J connectivity index is 1.97. The molecule has 0 bridgehead atoms. The van der Waals surface area contributed by atoms with Crippen LogP contribution in [-0.4, -0.2) is 36.0 Å². The highest BCUT2D eigenvalue weighted by molar-refractivity contribution is 5.82. The van der Waals surface area contributed by atoms with Gasteiger partial charge in [0.15, 0.2) is 0 Å². The van der Waals surface area contributed by atoms with Gasteiger partial charge in [-0.25, -0.2) is 8.78 Å². The summed E-state index contributed by atoms with van der Waals surface area (Å²) in [5.41, 5.74) is -1.37. The summed E-state index contributed by atoms with van der Waals surface area (Å²) in [5.74, 6) is -4.93. The Morgan fingerprint density at radius 2 is 1.67 bits per heavy atom. The van der Waals surface area contributed by atoms with Crippen molar-refractivity contribution < 1.29 is 26.7 Å². The van der Waals surface area contributed by atoms with Gasteiger partial charge in [-0.3, -0.25) is 4.79 Å². The SMILES string of the molecule is O=C(N1CC2(CCC2(F)F)C1)C(F)(F)F. The molecule has 1 saturated heterocycles. The molecule has 1 aliphatic heterocycles. The van der Waals surface area contributed by atoms with Crippen molar-refractivity contribution >= 4 is 5.91 Å². The maximum absolute atomic E-state index is 13.0. The molecule has 0 unspecified atom stereocenters. The molecule has 7 heteroatoms. The van der Waals surface area contributed by atoms with E-state index in [2.05, 4.69) is 0 Å². The number of nitrogens with zero attached hydrogens (tertiary/aromatic N) is 1. The molecule has 86 valence electrons. The van der Waals surface area contributed by atoms with Gasteiger partial charge in [0, 0.05) is 19.5 Å². The van der Waals surface area contributed by atoms with E-state index >= 15 is 0 Å². The van der Waals surface area contributed by atoms with Crippen LogP contribution in [0, 0.1) is 5.41 Å². The van der Waals surface area contributed by atoms with Crippen LogP contribution in [0.4, 0.5) is 22.0 Å². The predicted octanol–water partition coefficient (Wildman–Crippen LogP) is 1.81. The first-order chi connectivity index (χ1) is 6.68. The van der Waals surface area contributed by atoms with Gasteiger partial charge in [-0.05, 0) is 6.42 Å². The molecule has 0 aromatic rings. The third kappa shape index (κ3) is 1.32. The molecule has 0 N–H and O–H groups in total. The molecule has 0 atom stereocenters. The molecule has 2 nitrogen and oxygen atoms in total. The normalized spacial score (nSPS) is 27.1. The average molecular weight is 229 g/mol. The molecule has 2 fully saturated rings. The quantitative estimate of drug-likeness (QED) is 0.580. The van der Waals surface area contributed by atoms with Crippen molar-refractivity contribution in [3.63, 3.8) is 0 Å². The number of hydrogen-bond donors (Lipinski definition) is 0. The van der Waals surface area contributed by atoms with E-state index in [0.29, 0.717) is 4.90 Å². The minimum atomic E-state index is -4.96. The average Bonchev–Trinajstić information content (AvgIpc) is 1.98. The summed E-state index contributed by atoms with van der Waals surface area (Å²) in [4.78, 5) is 11.1. The highest BCUT2D eigenvalue weighted by atomic mass is 19.4. The summed E-state index contributed by atoms with van der Waals surface area (Å²) in [5, 5.41) is 0. The standard InChI is InChI=1S/C8H8F5NO/c9-7(10)2-1-6(7)3-14(4-6)5(15)8(11,12)13/h1-4H2. The molecular formula is C8H8F5NO.